The van der Waals surface area contributed by atoms with Crippen LogP contribution in [-0.4, -0.2) is 11.0 Å². The van der Waals surface area contributed by atoms with Crippen LogP contribution in [0.2, 0.25) is 0 Å². The lowest BCUT2D eigenvalue weighted by atomic mass is 9.69. The number of aryl methyl sites for hydroxylation is 2. The molecule has 0 saturated heterocycles. The average molecular weight is 292 g/mol. The summed E-state index contributed by atoms with van der Waals surface area (Å²) >= 11 is 1.82. The van der Waals surface area contributed by atoms with Crippen molar-refractivity contribution in [3.63, 3.8) is 0 Å². The lowest BCUT2D eigenvalue weighted by Crippen LogP contribution is -2.45. The van der Waals surface area contributed by atoms with E-state index < -0.39 is 0 Å². The summed E-state index contributed by atoms with van der Waals surface area (Å²) in [5, 5.41) is 5.11. The lowest BCUT2D eigenvalue weighted by molar-refractivity contribution is 0.116. The first-order valence-electron chi connectivity index (χ1n) is 7.95. The average Bonchev–Trinajstić information content (AvgIpc) is 2.86. The van der Waals surface area contributed by atoms with Crippen LogP contribution in [0.1, 0.15) is 68.6 Å². The normalized spacial score (nSPS) is 36.5. The Morgan fingerprint density at radius 1 is 1.30 bits per heavy atom. The zero-order valence-corrected chi connectivity index (χ0v) is 14.5. The second-order valence-corrected chi connectivity index (χ2v) is 9.13. The molecule has 2 nitrogen and oxygen atoms in total. The second kappa shape index (κ2) is 4.54. The molecule has 1 aromatic heterocycles. The predicted octanol–water partition coefficient (Wildman–Crippen LogP) is 4.63. The molecule has 2 fully saturated rings. The van der Waals surface area contributed by atoms with Gasteiger partial charge in [-0.05, 0) is 56.8 Å². The number of rotatable bonds is 3. The molecule has 3 rings (SSSR count). The molecule has 1 heterocycles. The van der Waals surface area contributed by atoms with Crippen molar-refractivity contribution in [2.45, 2.75) is 72.9 Å². The molecule has 0 aromatic carbocycles. The molecule has 4 atom stereocenters. The van der Waals surface area contributed by atoms with Crippen LogP contribution >= 0.6 is 11.3 Å². The summed E-state index contributed by atoms with van der Waals surface area (Å²) in [6.07, 6.45) is 4.14. The SMILES string of the molecule is Cc1nc(C(C)NC2CC3CCC2(C)C3(C)C)c(C)s1. The van der Waals surface area contributed by atoms with Gasteiger partial charge in [0.2, 0.25) is 0 Å². The number of nitrogens with one attached hydrogen (secondary N) is 1. The molecular formula is C17H28N2S. The standard InChI is InChI=1S/C17H28N2S/c1-10(15-11(2)20-12(3)19-15)18-14-9-13-7-8-17(14,6)16(13,4)5/h10,13-14,18H,7-9H2,1-6H3. The number of fused-ring (bicyclic) bond motifs is 2. The molecule has 1 aromatic rings. The van der Waals surface area contributed by atoms with Crippen molar-refractivity contribution < 1.29 is 0 Å². The zero-order valence-electron chi connectivity index (χ0n) is 13.7. The summed E-state index contributed by atoms with van der Waals surface area (Å²) in [4.78, 5) is 6.10. The highest BCUT2D eigenvalue weighted by Gasteiger charge is 2.61. The maximum absolute atomic E-state index is 4.73. The van der Waals surface area contributed by atoms with Crippen LogP contribution in [0, 0.1) is 30.6 Å². The van der Waals surface area contributed by atoms with E-state index in [2.05, 4.69) is 46.9 Å². The van der Waals surface area contributed by atoms with Gasteiger partial charge >= 0.3 is 0 Å². The molecule has 0 amide bonds. The fourth-order valence-corrected chi connectivity index (χ4v) is 5.70. The molecule has 112 valence electrons. The first-order valence-corrected chi connectivity index (χ1v) is 8.77. The van der Waals surface area contributed by atoms with E-state index >= 15 is 0 Å². The molecule has 2 aliphatic rings. The fourth-order valence-electron chi connectivity index (χ4n) is 4.78. The van der Waals surface area contributed by atoms with E-state index in [-0.39, 0.29) is 0 Å². The van der Waals surface area contributed by atoms with E-state index in [9.17, 15) is 0 Å². The van der Waals surface area contributed by atoms with Gasteiger partial charge < -0.3 is 5.32 Å². The Labute approximate surface area is 127 Å². The largest absolute Gasteiger partial charge is 0.305 e. The third kappa shape index (κ3) is 1.89. The van der Waals surface area contributed by atoms with Crippen LogP contribution < -0.4 is 5.32 Å². The minimum atomic E-state index is 0.372. The van der Waals surface area contributed by atoms with Crippen molar-refractivity contribution in [3.8, 4) is 0 Å². The third-order valence-electron chi connectivity index (χ3n) is 6.59. The molecule has 3 heteroatoms. The number of aromatic nitrogens is 1. The molecule has 2 saturated carbocycles. The van der Waals surface area contributed by atoms with Crippen LogP contribution in [0.4, 0.5) is 0 Å². The van der Waals surface area contributed by atoms with E-state index in [1.165, 1.54) is 34.8 Å². The highest BCUT2D eigenvalue weighted by atomic mass is 32.1. The van der Waals surface area contributed by atoms with Gasteiger partial charge in [0.05, 0.1) is 10.7 Å². The van der Waals surface area contributed by atoms with Crippen molar-refractivity contribution in [2.24, 2.45) is 16.7 Å². The van der Waals surface area contributed by atoms with Crippen molar-refractivity contribution in [3.05, 3.63) is 15.6 Å². The van der Waals surface area contributed by atoms with Gasteiger partial charge in [-0.15, -0.1) is 11.3 Å². The minimum Gasteiger partial charge on any atom is -0.305 e. The van der Waals surface area contributed by atoms with Gasteiger partial charge in [-0.25, -0.2) is 4.98 Å². The number of nitrogens with zero attached hydrogens (tertiary/aromatic N) is 1. The van der Waals surface area contributed by atoms with Crippen LogP contribution in [0.15, 0.2) is 0 Å². The molecule has 2 bridgehead atoms. The van der Waals surface area contributed by atoms with Gasteiger partial charge in [-0.1, -0.05) is 20.8 Å². The molecule has 2 aliphatic carbocycles. The number of thiazole rings is 1. The first-order chi connectivity index (χ1) is 9.25. The molecule has 0 aliphatic heterocycles. The Balaban J connectivity index is 1.78. The zero-order chi connectivity index (χ0) is 14.7. The Bertz CT molecular complexity index is 519. The summed E-state index contributed by atoms with van der Waals surface area (Å²) in [6, 6.07) is 1.02. The van der Waals surface area contributed by atoms with Crippen molar-refractivity contribution in [1.29, 1.82) is 0 Å². The number of hydrogen-bond donors (Lipinski definition) is 1. The second-order valence-electron chi connectivity index (χ2n) is 7.73. The maximum atomic E-state index is 4.73. The van der Waals surface area contributed by atoms with Crippen molar-refractivity contribution in [2.75, 3.05) is 0 Å². The highest BCUT2D eigenvalue weighted by Crippen LogP contribution is 2.65. The Morgan fingerprint density at radius 2 is 2.00 bits per heavy atom. The van der Waals surface area contributed by atoms with Crippen molar-refractivity contribution >= 4 is 11.3 Å². The smallest absolute Gasteiger partial charge is 0.0900 e. The van der Waals surface area contributed by atoms with Crippen LogP contribution in [0.5, 0.6) is 0 Å². The van der Waals surface area contributed by atoms with E-state index in [0.717, 1.165) is 5.92 Å². The molecule has 0 spiro atoms. The monoisotopic (exact) mass is 292 g/mol. The van der Waals surface area contributed by atoms with E-state index in [0.29, 0.717) is 22.9 Å². The van der Waals surface area contributed by atoms with E-state index in [4.69, 9.17) is 4.98 Å². The Hall–Kier alpha value is -0.410. The molecule has 1 N–H and O–H groups in total. The van der Waals surface area contributed by atoms with Gasteiger partial charge in [-0.3, -0.25) is 0 Å². The molecular weight excluding hydrogens is 264 g/mol. The van der Waals surface area contributed by atoms with Crippen LogP contribution in [-0.2, 0) is 0 Å². The number of hydrogen-bond acceptors (Lipinski definition) is 3. The van der Waals surface area contributed by atoms with Gasteiger partial charge in [0, 0.05) is 17.0 Å². The summed E-state index contributed by atoms with van der Waals surface area (Å²) < 4.78 is 0. The van der Waals surface area contributed by atoms with E-state index in [1.807, 2.05) is 11.3 Å². The van der Waals surface area contributed by atoms with E-state index in [1.54, 1.807) is 0 Å². The maximum Gasteiger partial charge on any atom is 0.0900 e. The quantitative estimate of drug-likeness (QED) is 0.879. The lowest BCUT2D eigenvalue weighted by Gasteiger charge is -2.40. The third-order valence-corrected chi connectivity index (χ3v) is 7.50. The van der Waals surface area contributed by atoms with Crippen LogP contribution in [0.25, 0.3) is 0 Å². The van der Waals surface area contributed by atoms with Crippen LogP contribution in [0.3, 0.4) is 0 Å². The van der Waals surface area contributed by atoms with Crippen molar-refractivity contribution in [1.82, 2.24) is 10.3 Å². The van der Waals surface area contributed by atoms with Gasteiger partial charge in [0.25, 0.3) is 0 Å². The Morgan fingerprint density at radius 3 is 2.45 bits per heavy atom. The van der Waals surface area contributed by atoms with Gasteiger partial charge in [0.1, 0.15) is 0 Å². The molecule has 20 heavy (non-hydrogen) atoms. The molecule has 4 unspecified atom stereocenters. The highest BCUT2D eigenvalue weighted by molar-refractivity contribution is 7.11. The summed E-state index contributed by atoms with van der Waals surface area (Å²) in [7, 11) is 0. The van der Waals surface area contributed by atoms with Gasteiger partial charge in [-0.2, -0.15) is 0 Å². The Kier molecular flexibility index (Phi) is 3.30. The predicted molar refractivity (Wildman–Crippen MR) is 86.2 cm³/mol. The summed E-state index contributed by atoms with van der Waals surface area (Å²) in [5.74, 6) is 0.899. The molecule has 0 radical (unpaired) electrons. The summed E-state index contributed by atoms with van der Waals surface area (Å²) in [6.45, 7) is 14.1. The minimum absolute atomic E-state index is 0.372. The summed E-state index contributed by atoms with van der Waals surface area (Å²) in [5.41, 5.74) is 2.19. The fraction of sp³-hybridized carbons (Fsp3) is 0.824. The van der Waals surface area contributed by atoms with Gasteiger partial charge in [0.15, 0.2) is 0 Å². The first kappa shape index (κ1) is 14.5. The topological polar surface area (TPSA) is 24.9 Å².